The molecule has 0 aliphatic carbocycles. The first kappa shape index (κ1) is 13.8. The van der Waals surface area contributed by atoms with E-state index in [1.807, 2.05) is 37.6 Å². The summed E-state index contributed by atoms with van der Waals surface area (Å²) in [5.74, 6) is 1.48. The third-order valence-corrected chi connectivity index (χ3v) is 3.31. The number of hydrogen-bond donors (Lipinski definition) is 0. The lowest BCUT2D eigenvalue weighted by molar-refractivity contribution is 0.877. The number of aryl methyl sites for hydroxylation is 1. The topological polar surface area (TPSA) is 29.0 Å². The second-order valence-electron chi connectivity index (χ2n) is 4.52. The van der Waals surface area contributed by atoms with Crippen molar-refractivity contribution in [2.24, 2.45) is 0 Å². The largest absolute Gasteiger partial charge is 0.355 e. The van der Waals surface area contributed by atoms with E-state index >= 15 is 0 Å². The smallest absolute Gasteiger partial charge is 0.129 e. The summed E-state index contributed by atoms with van der Waals surface area (Å²) < 4.78 is 0. The van der Waals surface area contributed by atoms with Crippen LogP contribution in [0.25, 0.3) is 0 Å². The highest BCUT2D eigenvalue weighted by Crippen LogP contribution is 2.18. The first-order chi connectivity index (χ1) is 9.22. The molecule has 0 N–H and O–H groups in total. The van der Waals surface area contributed by atoms with Crippen molar-refractivity contribution in [3.8, 4) is 0 Å². The number of halogens is 1. The summed E-state index contributed by atoms with van der Waals surface area (Å²) in [6, 6.07) is 8.15. The van der Waals surface area contributed by atoms with Crippen LogP contribution >= 0.6 is 11.6 Å². The molecular weight excluding hydrogens is 258 g/mol. The number of nitrogens with zero attached hydrogens (tertiary/aromatic N) is 3. The number of anilines is 1. The number of pyridine rings is 2. The van der Waals surface area contributed by atoms with E-state index in [0.29, 0.717) is 5.88 Å². The molecule has 0 aromatic carbocycles. The van der Waals surface area contributed by atoms with Gasteiger partial charge in [-0.2, -0.15) is 0 Å². The zero-order valence-electron chi connectivity index (χ0n) is 11.3. The minimum absolute atomic E-state index is 0.519. The van der Waals surface area contributed by atoms with Crippen molar-refractivity contribution in [1.82, 2.24) is 9.97 Å². The second kappa shape index (κ2) is 6.53. The quantitative estimate of drug-likeness (QED) is 0.783. The van der Waals surface area contributed by atoms with Crippen LogP contribution in [0.5, 0.6) is 0 Å². The predicted octanol–water partition coefficient (Wildman–Crippen LogP) is 3.41. The molecule has 0 fully saturated rings. The van der Waals surface area contributed by atoms with Crippen LogP contribution in [0.2, 0.25) is 0 Å². The highest BCUT2D eigenvalue weighted by Gasteiger charge is 2.07. The minimum Gasteiger partial charge on any atom is -0.355 e. The molecule has 2 aromatic heterocycles. The van der Waals surface area contributed by atoms with E-state index in [0.717, 1.165) is 30.0 Å². The van der Waals surface area contributed by atoms with E-state index in [9.17, 15) is 0 Å². The average molecular weight is 276 g/mol. The van der Waals surface area contributed by atoms with E-state index in [2.05, 4.69) is 27.9 Å². The molecule has 0 atom stereocenters. The van der Waals surface area contributed by atoms with Gasteiger partial charge in [-0.05, 0) is 41.8 Å². The highest BCUT2D eigenvalue weighted by molar-refractivity contribution is 6.17. The van der Waals surface area contributed by atoms with Crippen LogP contribution in [-0.4, -0.2) is 17.0 Å². The molecular formula is C15H18ClN3. The summed E-state index contributed by atoms with van der Waals surface area (Å²) in [6.07, 6.45) is 4.54. The van der Waals surface area contributed by atoms with E-state index < -0.39 is 0 Å². The Labute approximate surface area is 119 Å². The van der Waals surface area contributed by atoms with Crippen molar-refractivity contribution >= 4 is 17.4 Å². The zero-order chi connectivity index (χ0) is 13.7. The fraction of sp³-hybridized carbons (Fsp3) is 0.333. The molecule has 2 rings (SSSR count). The molecule has 2 heterocycles. The number of aromatic nitrogens is 2. The van der Waals surface area contributed by atoms with Gasteiger partial charge in [0.2, 0.25) is 0 Å². The van der Waals surface area contributed by atoms with Crippen molar-refractivity contribution in [3.05, 3.63) is 53.5 Å². The van der Waals surface area contributed by atoms with Gasteiger partial charge in [0.05, 0.1) is 0 Å². The monoisotopic (exact) mass is 275 g/mol. The van der Waals surface area contributed by atoms with Crippen LogP contribution in [0.3, 0.4) is 0 Å². The van der Waals surface area contributed by atoms with Gasteiger partial charge in [0, 0.05) is 37.6 Å². The Bertz CT molecular complexity index is 506. The van der Waals surface area contributed by atoms with Crippen LogP contribution in [-0.2, 0) is 18.8 Å². The van der Waals surface area contributed by atoms with Gasteiger partial charge in [-0.1, -0.05) is 6.92 Å². The average Bonchev–Trinajstić information content (AvgIpc) is 2.47. The van der Waals surface area contributed by atoms with Gasteiger partial charge in [-0.3, -0.25) is 4.98 Å². The van der Waals surface area contributed by atoms with Crippen LogP contribution in [0.1, 0.15) is 23.7 Å². The number of hydrogen-bond acceptors (Lipinski definition) is 3. The number of alkyl halides is 1. The minimum atomic E-state index is 0.519. The molecule has 2 aromatic rings. The lowest BCUT2D eigenvalue weighted by atomic mass is 10.2. The maximum atomic E-state index is 5.94. The summed E-state index contributed by atoms with van der Waals surface area (Å²) in [5.41, 5.74) is 3.41. The van der Waals surface area contributed by atoms with Gasteiger partial charge < -0.3 is 4.90 Å². The molecule has 0 bridgehead atoms. The first-order valence-electron chi connectivity index (χ1n) is 6.38. The molecule has 0 amide bonds. The number of rotatable bonds is 5. The molecule has 0 saturated heterocycles. The molecule has 19 heavy (non-hydrogen) atoms. The van der Waals surface area contributed by atoms with Crippen LogP contribution in [0.15, 0.2) is 36.7 Å². The Morgan fingerprint density at radius 2 is 1.89 bits per heavy atom. The summed E-state index contributed by atoms with van der Waals surface area (Å²) in [7, 11) is 2.04. The van der Waals surface area contributed by atoms with Crippen molar-refractivity contribution in [2.75, 3.05) is 11.9 Å². The molecule has 0 aliphatic heterocycles. The van der Waals surface area contributed by atoms with Crippen molar-refractivity contribution in [3.63, 3.8) is 0 Å². The summed E-state index contributed by atoms with van der Waals surface area (Å²) in [5, 5.41) is 0. The van der Waals surface area contributed by atoms with Crippen molar-refractivity contribution < 1.29 is 0 Å². The van der Waals surface area contributed by atoms with Crippen LogP contribution in [0.4, 0.5) is 5.82 Å². The molecule has 0 unspecified atom stereocenters. The molecule has 0 saturated carbocycles. The fourth-order valence-corrected chi connectivity index (χ4v) is 2.08. The molecule has 4 heteroatoms. The summed E-state index contributed by atoms with van der Waals surface area (Å²) >= 11 is 5.94. The third kappa shape index (κ3) is 3.67. The second-order valence-corrected chi connectivity index (χ2v) is 4.79. The predicted molar refractivity (Wildman–Crippen MR) is 79.5 cm³/mol. The zero-order valence-corrected chi connectivity index (χ0v) is 12.1. The fourth-order valence-electron chi connectivity index (χ4n) is 1.93. The van der Waals surface area contributed by atoms with E-state index in [1.54, 1.807) is 0 Å². The van der Waals surface area contributed by atoms with Crippen molar-refractivity contribution in [1.29, 1.82) is 0 Å². The van der Waals surface area contributed by atoms with Gasteiger partial charge in [-0.15, -0.1) is 11.6 Å². The summed E-state index contributed by atoms with van der Waals surface area (Å²) in [4.78, 5) is 10.8. The highest BCUT2D eigenvalue weighted by atomic mass is 35.5. The molecule has 0 spiro atoms. The lowest BCUT2D eigenvalue weighted by Crippen LogP contribution is -2.18. The van der Waals surface area contributed by atoms with Gasteiger partial charge in [0.25, 0.3) is 0 Å². The van der Waals surface area contributed by atoms with Crippen molar-refractivity contribution in [2.45, 2.75) is 25.8 Å². The maximum Gasteiger partial charge on any atom is 0.129 e. The molecule has 0 radical (unpaired) electrons. The maximum absolute atomic E-state index is 5.94. The third-order valence-electron chi connectivity index (χ3n) is 3.00. The van der Waals surface area contributed by atoms with E-state index in [1.165, 1.54) is 5.56 Å². The lowest BCUT2D eigenvalue weighted by Gasteiger charge is -2.19. The standard InChI is InChI=1S/C15H18ClN3/c1-3-14-8-13(10-16)9-15(18-14)19(2)11-12-4-6-17-7-5-12/h4-9H,3,10-11H2,1-2H3. The molecule has 0 aliphatic rings. The van der Waals surface area contributed by atoms with Gasteiger partial charge in [-0.25, -0.2) is 4.98 Å². The molecule has 3 nitrogen and oxygen atoms in total. The van der Waals surface area contributed by atoms with E-state index in [4.69, 9.17) is 11.6 Å². The normalized spacial score (nSPS) is 10.5. The molecule has 100 valence electrons. The Kier molecular flexibility index (Phi) is 4.74. The Morgan fingerprint density at radius 3 is 2.53 bits per heavy atom. The van der Waals surface area contributed by atoms with Gasteiger partial charge in [0.1, 0.15) is 5.82 Å². The van der Waals surface area contributed by atoms with Gasteiger partial charge in [0.15, 0.2) is 0 Å². The van der Waals surface area contributed by atoms with Crippen LogP contribution in [0, 0.1) is 0 Å². The Hall–Kier alpha value is -1.61. The SMILES string of the molecule is CCc1cc(CCl)cc(N(C)Cc2ccncc2)n1. The first-order valence-corrected chi connectivity index (χ1v) is 6.92. The Morgan fingerprint density at radius 1 is 1.16 bits per heavy atom. The summed E-state index contributed by atoms with van der Waals surface area (Å²) in [6.45, 7) is 2.91. The van der Waals surface area contributed by atoms with E-state index in [-0.39, 0.29) is 0 Å². The van der Waals surface area contributed by atoms with Crippen LogP contribution < -0.4 is 4.90 Å². The Balaban J connectivity index is 2.20. The van der Waals surface area contributed by atoms with Gasteiger partial charge >= 0.3 is 0 Å².